The van der Waals surface area contributed by atoms with E-state index < -0.39 is 5.79 Å². The van der Waals surface area contributed by atoms with Crippen LogP contribution in [0, 0.1) is 10.8 Å². The molecule has 4 aromatic rings. The molecule has 10 heterocycles. The molecule has 2 atom stereocenters. The number of thioether (sulfide) groups is 1. The quantitative estimate of drug-likeness (QED) is 0.169. The van der Waals surface area contributed by atoms with Gasteiger partial charge < -0.3 is 34.4 Å². The minimum atomic E-state index is -0.641. The van der Waals surface area contributed by atoms with Crippen molar-refractivity contribution in [3.63, 3.8) is 0 Å². The zero-order valence-electron chi connectivity index (χ0n) is 42.2. The number of nitrogens with one attached hydrogen (secondary N) is 1. The molecule has 19 heteroatoms. The van der Waals surface area contributed by atoms with Crippen LogP contribution in [0.4, 0.5) is 11.6 Å². The highest BCUT2D eigenvalue weighted by Gasteiger charge is 2.56. The van der Waals surface area contributed by atoms with Gasteiger partial charge in [-0.05, 0) is 78.0 Å². The Morgan fingerprint density at radius 1 is 0.845 bits per heavy atom. The van der Waals surface area contributed by atoms with Crippen molar-refractivity contribution in [2.24, 2.45) is 20.8 Å². The number of aromatic nitrogens is 4. The van der Waals surface area contributed by atoms with Gasteiger partial charge in [-0.15, -0.1) is 11.3 Å². The van der Waals surface area contributed by atoms with Gasteiger partial charge in [0.15, 0.2) is 5.79 Å². The third-order valence-corrected chi connectivity index (χ3v) is 18.3. The molecular weight excluding hydrogens is 937 g/mol. The van der Waals surface area contributed by atoms with E-state index in [0.29, 0.717) is 26.2 Å². The van der Waals surface area contributed by atoms with Crippen molar-refractivity contribution in [2.75, 3.05) is 135 Å². The number of hydrogen-bond acceptors (Lipinski definition) is 18. The fourth-order valence-corrected chi connectivity index (χ4v) is 14.8. The van der Waals surface area contributed by atoms with E-state index in [2.05, 4.69) is 63.8 Å². The Morgan fingerprint density at radius 2 is 1.59 bits per heavy atom. The molecule has 2 N–H and O–H groups in total. The largest absolute Gasteiger partial charge is 0.395 e. The van der Waals surface area contributed by atoms with Crippen molar-refractivity contribution in [3.05, 3.63) is 40.3 Å². The lowest BCUT2D eigenvalue weighted by molar-refractivity contribution is -0.127. The molecule has 17 nitrogen and oxygen atoms in total. The van der Waals surface area contributed by atoms with Crippen molar-refractivity contribution in [1.82, 2.24) is 39.5 Å². The number of aliphatic imine (C=N–C) groups is 2. The topological polar surface area (TPSA) is 170 Å². The number of fused-ring (bicyclic) bond motifs is 10. The molecule has 6 aliphatic heterocycles. The summed E-state index contributed by atoms with van der Waals surface area (Å²) in [5, 5.41) is 16.0. The molecule has 1 amide bonds. The monoisotopic (exact) mass is 1010 g/mol. The fraction of sp³-hybridized carbons (Fsp3) is 0.673. The molecule has 0 radical (unpaired) electrons. The highest BCUT2D eigenvalue weighted by Crippen LogP contribution is 2.51. The number of ether oxygens (including phenoxy) is 3. The van der Waals surface area contributed by atoms with E-state index in [-0.39, 0.29) is 28.6 Å². The smallest absolute Gasteiger partial charge is 0.222 e. The van der Waals surface area contributed by atoms with Gasteiger partial charge in [0.25, 0.3) is 0 Å². The van der Waals surface area contributed by atoms with Gasteiger partial charge in [-0.1, -0.05) is 39.5 Å². The number of rotatable bonds is 13. The summed E-state index contributed by atoms with van der Waals surface area (Å²) in [4.78, 5) is 54.3. The standard InChI is InChI=1S/C27H40N6O3S.C25H32N6O2S/c1-26(2)4-3-20-18-28-25-22(21(20)17-26)23-24(37-25)27(30-19-29-23,33-10-15-36-16-11-33)32(7-12-34)6-5-31-8-13-35-14-9-31;1-25(2)13-16-17(14-25)23(31-9-11-33-12-10-31)29-24-19(16)20-21(34-24)22(28-15-27-20)26-6-4-8-30-7-3-5-18(30)32/h18-19,24,34H,3-17H2,1-2H3;15H,3-14H2,1-2H3,(H,26,27,28). The van der Waals surface area contributed by atoms with Crippen LogP contribution in [0.1, 0.15) is 81.2 Å². The molecule has 0 bridgehead atoms. The minimum Gasteiger partial charge on any atom is -0.395 e. The van der Waals surface area contributed by atoms with E-state index in [1.807, 2.05) is 16.7 Å². The van der Waals surface area contributed by atoms with Crippen molar-refractivity contribution in [3.8, 4) is 0 Å². The Hall–Kier alpha value is -3.92. The Balaban J connectivity index is 0.000000155. The molecule has 4 aromatic heterocycles. The molecule has 2 unspecified atom stereocenters. The van der Waals surface area contributed by atoms with Gasteiger partial charge in [0, 0.05) is 102 Å². The molecule has 0 aromatic carbocycles. The third-order valence-electron chi connectivity index (χ3n) is 15.9. The van der Waals surface area contributed by atoms with Crippen molar-refractivity contribution in [2.45, 2.75) is 95.1 Å². The lowest BCUT2D eigenvalue weighted by atomic mass is 9.73. The maximum Gasteiger partial charge on any atom is 0.222 e. The highest BCUT2D eigenvalue weighted by atomic mass is 32.2. The number of anilines is 2. The average Bonchev–Trinajstić information content (AvgIpc) is 4.17. The number of aliphatic hydroxyl groups is 1. The van der Waals surface area contributed by atoms with Gasteiger partial charge in [0.05, 0.1) is 62.2 Å². The van der Waals surface area contributed by atoms with E-state index in [4.69, 9.17) is 39.1 Å². The number of carbonyl (C=O) groups is 1. The third kappa shape index (κ3) is 9.84. The number of pyridine rings is 2. The number of aliphatic hydroxyl groups excluding tert-OH is 1. The highest BCUT2D eigenvalue weighted by molar-refractivity contribution is 8.01. The van der Waals surface area contributed by atoms with E-state index in [9.17, 15) is 9.90 Å². The van der Waals surface area contributed by atoms with Crippen molar-refractivity contribution < 1.29 is 24.1 Å². The van der Waals surface area contributed by atoms with Crippen LogP contribution in [0.5, 0.6) is 0 Å². The maximum absolute atomic E-state index is 11.9. The second-order valence-electron chi connectivity index (χ2n) is 21.9. The zero-order chi connectivity index (χ0) is 48.7. The van der Waals surface area contributed by atoms with Crippen LogP contribution in [-0.4, -0.2) is 198 Å². The van der Waals surface area contributed by atoms with Gasteiger partial charge in [-0.3, -0.25) is 19.5 Å². The number of thiophene rings is 1. The van der Waals surface area contributed by atoms with Crippen LogP contribution >= 0.6 is 23.1 Å². The van der Waals surface area contributed by atoms with Crippen LogP contribution in [0.25, 0.3) is 20.4 Å². The molecule has 382 valence electrons. The van der Waals surface area contributed by atoms with Gasteiger partial charge in [0.1, 0.15) is 39.4 Å². The molecule has 4 saturated heterocycles. The molecule has 4 fully saturated rings. The molecule has 0 saturated carbocycles. The molecule has 0 spiro atoms. The molecular formula is C52H72N12O5S2. The van der Waals surface area contributed by atoms with Crippen LogP contribution in [0.15, 0.2) is 27.5 Å². The first kappa shape index (κ1) is 49.3. The summed E-state index contributed by atoms with van der Waals surface area (Å²) in [6, 6.07) is 0. The fourth-order valence-electron chi connectivity index (χ4n) is 12.2. The molecule has 71 heavy (non-hydrogen) atoms. The summed E-state index contributed by atoms with van der Waals surface area (Å²) < 4.78 is 18.0. The zero-order valence-corrected chi connectivity index (χ0v) is 43.9. The Labute approximate surface area is 426 Å². The van der Waals surface area contributed by atoms with Crippen molar-refractivity contribution >= 4 is 73.1 Å². The number of carbonyl (C=O) groups excluding carboxylic acids is 1. The lowest BCUT2D eigenvalue weighted by Gasteiger charge is -2.52. The van der Waals surface area contributed by atoms with Crippen LogP contribution < -0.4 is 10.2 Å². The number of amides is 1. The summed E-state index contributed by atoms with van der Waals surface area (Å²) >= 11 is 3.51. The van der Waals surface area contributed by atoms with Crippen LogP contribution in [0.3, 0.4) is 0 Å². The Morgan fingerprint density at radius 3 is 2.35 bits per heavy atom. The number of aryl methyl sites for hydroxylation is 1. The Kier molecular flexibility index (Phi) is 14.4. The van der Waals surface area contributed by atoms with Gasteiger partial charge in [0.2, 0.25) is 5.91 Å². The molecule has 2 aliphatic carbocycles. The van der Waals surface area contributed by atoms with Crippen molar-refractivity contribution in [1.29, 1.82) is 0 Å². The van der Waals surface area contributed by atoms with E-state index in [0.717, 1.165) is 174 Å². The second-order valence-corrected chi connectivity index (χ2v) is 24.0. The SMILES string of the molecule is CC1(C)CCc2cnc3c(c2C1)C1=NC=NC(N2CCOCC2)(N(CCO)CCN2CCOCC2)C1S3.CC1(C)Cc2c(N3CCOCC3)nc3sc4c(NCCCN5CCCC5=O)ncnc4c3c2C1. The normalized spacial score (nSPS) is 25.0. The Bertz CT molecular complexity index is 2660. The first-order valence-corrected chi connectivity index (χ1v) is 27.9. The number of hydrogen-bond donors (Lipinski definition) is 2. The van der Waals surface area contributed by atoms with Gasteiger partial charge in [-0.25, -0.2) is 29.9 Å². The lowest BCUT2D eigenvalue weighted by Crippen LogP contribution is -2.70. The first-order valence-electron chi connectivity index (χ1n) is 26.2. The first-order chi connectivity index (χ1) is 34.5. The van der Waals surface area contributed by atoms with Gasteiger partial charge >= 0.3 is 0 Å². The second kappa shape index (κ2) is 20.8. The number of morpholine rings is 3. The van der Waals surface area contributed by atoms with E-state index >= 15 is 0 Å². The minimum absolute atomic E-state index is 0.00845. The molecule has 12 rings (SSSR count). The van der Waals surface area contributed by atoms with Crippen LogP contribution in [-0.2, 0) is 44.7 Å². The summed E-state index contributed by atoms with van der Waals surface area (Å²) in [7, 11) is 0. The average molecular weight is 1010 g/mol. The molecule has 8 aliphatic rings. The summed E-state index contributed by atoms with van der Waals surface area (Å²) in [6.07, 6.45) is 13.6. The maximum atomic E-state index is 11.9. The number of likely N-dealkylation sites (tertiary alicyclic amines) is 1. The number of nitrogens with zero attached hydrogens (tertiary/aromatic N) is 11. The summed E-state index contributed by atoms with van der Waals surface area (Å²) in [5.41, 5.74) is 9.48. The van der Waals surface area contributed by atoms with E-state index in [1.165, 1.54) is 39.6 Å². The summed E-state index contributed by atoms with van der Waals surface area (Å²) in [5.74, 6) is 1.66. The van der Waals surface area contributed by atoms with Crippen LogP contribution in [0.2, 0.25) is 0 Å². The predicted molar refractivity (Wildman–Crippen MR) is 282 cm³/mol. The van der Waals surface area contributed by atoms with E-state index in [1.54, 1.807) is 24.0 Å². The predicted octanol–water partition coefficient (Wildman–Crippen LogP) is 5.14. The summed E-state index contributed by atoms with van der Waals surface area (Å²) in [6.45, 7) is 24.0. The van der Waals surface area contributed by atoms with Gasteiger partial charge in [-0.2, -0.15) is 0 Å².